The minimum atomic E-state index is -0.431. The van der Waals surface area contributed by atoms with Gasteiger partial charge in [-0.3, -0.25) is 4.90 Å². The third-order valence-corrected chi connectivity index (χ3v) is 3.39. The molecule has 0 spiro atoms. The van der Waals surface area contributed by atoms with Crippen LogP contribution in [0.15, 0.2) is 18.2 Å². The molecule has 1 aliphatic rings. The van der Waals surface area contributed by atoms with Gasteiger partial charge in [0.2, 0.25) is 0 Å². The quantitative estimate of drug-likeness (QED) is 0.757. The van der Waals surface area contributed by atoms with Crippen molar-refractivity contribution in [2.24, 2.45) is 0 Å². The van der Waals surface area contributed by atoms with Gasteiger partial charge in [0.25, 0.3) is 0 Å². The fourth-order valence-electron chi connectivity index (χ4n) is 2.26. The molecule has 21 heavy (non-hydrogen) atoms. The first kappa shape index (κ1) is 15.6. The summed E-state index contributed by atoms with van der Waals surface area (Å²) >= 11 is 0. The van der Waals surface area contributed by atoms with Gasteiger partial charge in [-0.2, -0.15) is 0 Å². The second kappa shape index (κ2) is 6.76. The van der Waals surface area contributed by atoms with Crippen LogP contribution in [0.5, 0.6) is 0 Å². The molecule has 1 aromatic rings. The minimum Gasteiger partial charge on any atom is -0.444 e. The van der Waals surface area contributed by atoms with Crippen molar-refractivity contribution in [1.29, 1.82) is 0 Å². The van der Waals surface area contributed by atoms with Gasteiger partial charge in [0.15, 0.2) is 0 Å². The first-order valence-electron chi connectivity index (χ1n) is 7.09. The zero-order valence-electron chi connectivity index (χ0n) is 12.6. The fourth-order valence-corrected chi connectivity index (χ4v) is 2.26. The SMILES string of the molecule is CCOCCN(C)c1ccc(N2C[C@H](C)OC2=O)cc1F. The summed E-state index contributed by atoms with van der Waals surface area (Å²) in [6, 6.07) is 4.77. The van der Waals surface area contributed by atoms with Crippen LogP contribution >= 0.6 is 0 Å². The number of benzene rings is 1. The van der Waals surface area contributed by atoms with Crippen LogP contribution in [0.4, 0.5) is 20.6 Å². The molecule has 5 nitrogen and oxygen atoms in total. The summed E-state index contributed by atoms with van der Waals surface area (Å²) in [6.07, 6.45) is -0.603. The van der Waals surface area contributed by atoms with Crippen molar-refractivity contribution in [2.75, 3.05) is 43.2 Å². The molecule has 116 valence electrons. The molecule has 1 aliphatic heterocycles. The van der Waals surface area contributed by atoms with E-state index in [0.29, 0.717) is 37.7 Å². The van der Waals surface area contributed by atoms with E-state index in [1.165, 1.54) is 11.0 Å². The summed E-state index contributed by atoms with van der Waals surface area (Å²) in [6.45, 7) is 5.97. The highest BCUT2D eigenvalue weighted by atomic mass is 19.1. The van der Waals surface area contributed by atoms with Gasteiger partial charge in [0, 0.05) is 20.2 Å². The summed E-state index contributed by atoms with van der Waals surface area (Å²) in [5, 5.41) is 0. The Morgan fingerprint density at radius 3 is 2.86 bits per heavy atom. The average Bonchev–Trinajstić information content (AvgIpc) is 2.77. The number of rotatable bonds is 6. The van der Waals surface area contributed by atoms with Gasteiger partial charge in [0.05, 0.1) is 24.5 Å². The van der Waals surface area contributed by atoms with Gasteiger partial charge < -0.3 is 14.4 Å². The zero-order chi connectivity index (χ0) is 15.4. The summed E-state index contributed by atoms with van der Waals surface area (Å²) < 4.78 is 24.5. The predicted molar refractivity (Wildman–Crippen MR) is 79.5 cm³/mol. The van der Waals surface area contributed by atoms with Gasteiger partial charge in [-0.05, 0) is 32.0 Å². The topological polar surface area (TPSA) is 42.0 Å². The van der Waals surface area contributed by atoms with E-state index in [4.69, 9.17) is 9.47 Å². The van der Waals surface area contributed by atoms with E-state index >= 15 is 0 Å². The summed E-state index contributed by atoms with van der Waals surface area (Å²) in [4.78, 5) is 14.9. The molecule has 1 atom stereocenters. The number of ether oxygens (including phenoxy) is 2. The molecule has 6 heteroatoms. The lowest BCUT2D eigenvalue weighted by Crippen LogP contribution is -2.26. The van der Waals surface area contributed by atoms with Gasteiger partial charge in [-0.1, -0.05) is 0 Å². The molecule has 1 fully saturated rings. The number of carbonyl (C=O) groups is 1. The van der Waals surface area contributed by atoms with E-state index in [0.717, 1.165) is 0 Å². The molecular formula is C15H21FN2O3. The lowest BCUT2D eigenvalue weighted by molar-refractivity contribution is 0.150. The Morgan fingerprint density at radius 2 is 2.29 bits per heavy atom. The van der Waals surface area contributed by atoms with Gasteiger partial charge in [-0.15, -0.1) is 0 Å². The van der Waals surface area contributed by atoms with Crippen molar-refractivity contribution in [3.63, 3.8) is 0 Å². The van der Waals surface area contributed by atoms with Gasteiger partial charge >= 0.3 is 6.09 Å². The van der Waals surface area contributed by atoms with E-state index < -0.39 is 6.09 Å². The Bertz CT molecular complexity index is 510. The van der Waals surface area contributed by atoms with E-state index in [1.54, 1.807) is 17.0 Å². The number of amides is 1. The molecule has 2 rings (SSSR count). The molecule has 1 heterocycles. The highest BCUT2D eigenvalue weighted by molar-refractivity contribution is 5.89. The number of hydrogen-bond donors (Lipinski definition) is 0. The van der Waals surface area contributed by atoms with Crippen LogP contribution in [0.3, 0.4) is 0 Å². The fraction of sp³-hybridized carbons (Fsp3) is 0.533. The third kappa shape index (κ3) is 3.64. The minimum absolute atomic E-state index is 0.172. The van der Waals surface area contributed by atoms with E-state index in [2.05, 4.69) is 0 Å². The second-order valence-corrected chi connectivity index (χ2v) is 5.06. The van der Waals surface area contributed by atoms with Crippen molar-refractivity contribution in [3.8, 4) is 0 Å². The lowest BCUT2D eigenvalue weighted by Gasteiger charge is -2.21. The molecule has 0 N–H and O–H groups in total. The Hall–Kier alpha value is -1.82. The van der Waals surface area contributed by atoms with Crippen LogP contribution < -0.4 is 9.80 Å². The molecule has 1 amide bonds. The highest BCUT2D eigenvalue weighted by Crippen LogP contribution is 2.27. The molecule has 0 aliphatic carbocycles. The Kier molecular flexibility index (Phi) is 5.01. The van der Waals surface area contributed by atoms with Crippen LogP contribution in [-0.4, -0.2) is 45.5 Å². The predicted octanol–water partition coefficient (Wildman–Crippen LogP) is 2.64. The molecular weight excluding hydrogens is 275 g/mol. The Balaban J connectivity index is 2.08. The highest BCUT2D eigenvalue weighted by Gasteiger charge is 2.29. The number of halogens is 1. The summed E-state index contributed by atoms with van der Waals surface area (Å²) in [5.41, 5.74) is 1.00. The number of likely N-dealkylation sites (N-methyl/N-ethyl adjacent to an activating group) is 1. The largest absolute Gasteiger partial charge is 0.444 e. The van der Waals surface area contributed by atoms with Crippen molar-refractivity contribution in [3.05, 3.63) is 24.0 Å². The standard InChI is InChI=1S/C15H21FN2O3/c1-4-20-8-7-17(3)14-6-5-12(9-13(14)16)18-10-11(2)21-15(18)19/h5-6,9,11H,4,7-8,10H2,1-3H3/t11-/m0/s1. The third-order valence-electron chi connectivity index (χ3n) is 3.39. The van der Waals surface area contributed by atoms with Gasteiger partial charge in [-0.25, -0.2) is 9.18 Å². The van der Waals surface area contributed by atoms with Crippen molar-refractivity contribution >= 4 is 17.5 Å². The zero-order valence-corrected chi connectivity index (χ0v) is 12.6. The molecule has 0 unspecified atom stereocenters. The molecule has 0 bridgehead atoms. The monoisotopic (exact) mass is 296 g/mol. The summed E-state index contributed by atoms with van der Waals surface area (Å²) in [5.74, 6) is -0.362. The van der Waals surface area contributed by atoms with Crippen LogP contribution in [0.2, 0.25) is 0 Å². The van der Waals surface area contributed by atoms with Crippen LogP contribution in [0, 0.1) is 5.82 Å². The van der Waals surface area contributed by atoms with E-state index in [9.17, 15) is 9.18 Å². The number of nitrogens with zero attached hydrogens (tertiary/aromatic N) is 2. The van der Waals surface area contributed by atoms with Gasteiger partial charge in [0.1, 0.15) is 11.9 Å². The number of carbonyl (C=O) groups excluding carboxylic acids is 1. The number of cyclic esters (lactones) is 1. The lowest BCUT2D eigenvalue weighted by atomic mass is 10.2. The average molecular weight is 296 g/mol. The van der Waals surface area contributed by atoms with Crippen molar-refractivity contribution in [1.82, 2.24) is 0 Å². The smallest absolute Gasteiger partial charge is 0.414 e. The molecule has 0 saturated carbocycles. The van der Waals surface area contributed by atoms with Crippen LogP contribution in [0.1, 0.15) is 13.8 Å². The van der Waals surface area contributed by atoms with Crippen LogP contribution in [-0.2, 0) is 9.47 Å². The maximum absolute atomic E-state index is 14.2. The van der Waals surface area contributed by atoms with Crippen molar-refractivity contribution < 1.29 is 18.7 Å². The maximum atomic E-state index is 14.2. The molecule has 1 saturated heterocycles. The summed E-state index contributed by atoms with van der Waals surface area (Å²) in [7, 11) is 1.81. The number of hydrogen-bond acceptors (Lipinski definition) is 4. The molecule has 1 aromatic carbocycles. The first-order chi connectivity index (χ1) is 10.0. The Morgan fingerprint density at radius 1 is 1.52 bits per heavy atom. The first-order valence-corrected chi connectivity index (χ1v) is 7.09. The van der Waals surface area contributed by atoms with Crippen molar-refractivity contribution in [2.45, 2.75) is 20.0 Å². The van der Waals surface area contributed by atoms with E-state index in [1.807, 2.05) is 20.9 Å². The van der Waals surface area contributed by atoms with E-state index in [-0.39, 0.29) is 11.9 Å². The molecule has 0 aromatic heterocycles. The maximum Gasteiger partial charge on any atom is 0.414 e. The van der Waals surface area contributed by atoms with Crippen LogP contribution in [0.25, 0.3) is 0 Å². The second-order valence-electron chi connectivity index (χ2n) is 5.06. The number of anilines is 2. The Labute approximate surface area is 124 Å². The molecule has 0 radical (unpaired) electrons. The normalized spacial score (nSPS) is 18.0.